The van der Waals surface area contributed by atoms with E-state index in [0.29, 0.717) is 12.0 Å². The summed E-state index contributed by atoms with van der Waals surface area (Å²) in [7, 11) is 0. The number of ether oxygens (including phenoxy) is 1. The van der Waals surface area contributed by atoms with Crippen LogP contribution in [0.4, 0.5) is 13.2 Å². The Kier molecular flexibility index (Phi) is 4.41. The number of hydrogen-bond donors (Lipinski definition) is 0. The van der Waals surface area contributed by atoms with Gasteiger partial charge in [0.2, 0.25) is 5.88 Å². The summed E-state index contributed by atoms with van der Waals surface area (Å²) in [5.74, 6) is 0.299. The number of halogens is 4. The molecule has 0 aliphatic rings. The van der Waals surface area contributed by atoms with Crippen molar-refractivity contribution in [3.05, 3.63) is 23.4 Å². The largest absolute Gasteiger partial charge is 0.468 e. The zero-order valence-electron chi connectivity index (χ0n) is 8.64. The van der Waals surface area contributed by atoms with Crippen LogP contribution in [-0.2, 0) is 12.3 Å². The Hall–Kier alpha value is -0.970. The van der Waals surface area contributed by atoms with E-state index in [0.717, 1.165) is 5.56 Å². The van der Waals surface area contributed by atoms with E-state index < -0.39 is 12.8 Å². The van der Waals surface area contributed by atoms with Crippen LogP contribution in [0.15, 0.2) is 12.3 Å². The van der Waals surface area contributed by atoms with Crippen molar-refractivity contribution in [3.8, 4) is 5.88 Å². The van der Waals surface area contributed by atoms with E-state index in [1.165, 1.54) is 6.20 Å². The third-order valence-electron chi connectivity index (χ3n) is 1.89. The van der Waals surface area contributed by atoms with Crippen LogP contribution in [0.25, 0.3) is 0 Å². The summed E-state index contributed by atoms with van der Waals surface area (Å²) in [6.45, 7) is 0.489. The molecule has 16 heavy (non-hydrogen) atoms. The number of nitrogens with zero attached hydrogens (tertiary/aromatic N) is 1. The molecule has 1 aromatic rings. The second-order valence-corrected chi connectivity index (χ2v) is 3.47. The van der Waals surface area contributed by atoms with Gasteiger partial charge in [0.15, 0.2) is 6.61 Å². The minimum absolute atomic E-state index is 0.0219. The molecule has 0 saturated heterocycles. The molecule has 1 heterocycles. The lowest BCUT2D eigenvalue weighted by atomic mass is 10.2. The minimum Gasteiger partial charge on any atom is -0.468 e. The molecule has 6 heteroatoms. The Morgan fingerprint density at radius 2 is 2.12 bits per heavy atom. The number of pyridine rings is 1. The maximum Gasteiger partial charge on any atom is 0.422 e. The fourth-order valence-electron chi connectivity index (χ4n) is 1.15. The first-order valence-corrected chi connectivity index (χ1v) is 5.23. The smallest absolute Gasteiger partial charge is 0.422 e. The third-order valence-corrected chi connectivity index (χ3v) is 2.20. The molecule has 0 amide bonds. The number of aromatic nitrogens is 1. The first kappa shape index (κ1) is 13.1. The summed E-state index contributed by atoms with van der Waals surface area (Å²) < 4.78 is 40.5. The Bertz CT molecular complexity index is 354. The molecule has 1 aromatic heterocycles. The second kappa shape index (κ2) is 5.39. The van der Waals surface area contributed by atoms with Crippen molar-refractivity contribution in [2.45, 2.75) is 25.4 Å². The predicted molar refractivity (Wildman–Crippen MR) is 54.7 cm³/mol. The zero-order valence-corrected chi connectivity index (χ0v) is 9.40. The van der Waals surface area contributed by atoms with Crippen LogP contribution < -0.4 is 4.74 Å². The highest BCUT2D eigenvalue weighted by Gasteiger charge is 2.29. The van der Waals surface area contributed by atoms with E-state index in [1.807, 2.05) is 6.92 Å². The van der Waals surface area contributed by atoms with Gasteiger partial charge in [0.25, 0.3) is 0 Å². The molecule has 0 bridgehead atoms. The molecule has 0 aliphatic carbocycles. The summed E-state index contributed by atoms with van der Waals surface area (Å²) in [6.07, 6.45) is -2.39. The maximum absolute atomic E-state index is 11.9. The summed E-state index contributed by atoms with van der Waals surface area (Å²) in [5.41, 5.74) is 1.39. The first-order chi connectivity index (χ1) is 7.46. The van der Waals surface area contributed by atoms with Gasteiger partial charge in [-0.2, -0.15) is 13.2 Å². The predicted octanol–water partition coefficient (Wildman–Crippen LogP) is 3.32. The molecule has 2 nitrogen and oxygen atoms in total. The molecular weight excluding hydrogens is 243 g/mol. The van der Waals surface area contributed by atoms with Crippen LogP contribution in [0.3, 0.4) is 0 Å². The van der Waals surface area contributed by atoms with Crippen LogP contribution in [0.1, 0.15) is 18.1 Å². The van der Waals surface area contributed by atoms with E-state index in [1.54, 1.807) is 6.07 Å². The quantitative estimate of drug-likeness (QED) is 0.768. The Morgan fingerprint density at radius 1 is 1.44 bits per heavy atom. The number of rotatable bonds is 4. The third kappa shape index (κ3) is 3.89. The molecule has 0 unspecified atom stereocenters. The normalized spacial score (nSPS) is 11.6. The summed E-state index contributed by atoms with van der Waals surface area (Å²) in [4.78, 5) is 3.82. The summed E-state index contributed by atoms with van der Waals surface area (Å²) >= 11 is 5.60. The standard InChI is InChI=1S/C10H11ClF3NO/c1-2-8-3-7(4-11)5-15-9(8)16-6-10(12,13)14/h3,5H,2,4,6H2,1H3. The molecule has 0 radical (unpaired) electrons. The Morgan fingerprint density at radius 3 is 2.62 bits per heavy atom. The maximum atomic E-state index is 11.9. The van der Waals surface area contributed by atoms with Crippen molar-refractivity contribution in [1.82, 2.24) is 4.98 Å². The molecule has 0 fully saturated rings. The lowest BCUT2D eigenvalue weighted by Crippen LogP contribution is -2.20. The molecule has 0 spiro atoms. The van der Waals surface area contributed by atoms with Gasteiger partial charge in [0.1, 0.15) is 0 Å². The topological polar surface area (TPSA) is 22.1 Å². The fraction of sp³-hybridized carbons (Fsp3) is 0.500. The average Bonchev–Trinajstić information content (AvgIpc) is 2.25. The van der Waals surface area contributed by atoms with Crippen molar-refractivity contribution in [2.75, 3.05) is 6.61 Å². The molecule has 0 aromatic carbocycles. The van der Waals surface area contributed by atoms with Gasteiger partial charge in [0.05, 0.1) is 0 Å². The highest BCUT2D eigenvalue weighted by molar-refractivity contribution is 6.17. The van der Waals surface area contributed by atoms with Crippen LogP contribution >= 0.6 is 11.6 Å². The van der Waals surface area contributed by atoms with Crippen molar-refractivity contribution < 1.29 is 17.9 Å². The molecule has 0 aliphatic heterocycles. The van der Waals surface area contributed by atoms with Gasteiger partial charge in [-0.25, -0.2) is 4.98 Å². The molecule has 1 rings (SSSR count). The van der Waals surface area contributed by atoms with E-state index in [9.17, 15) is 13.2 Å². The van der Waals surface area contributed by atoms with Gasteiger partial charge in [-0.15, -0.1) is 11.6 Å². The first-order valence-electron chi connectivity index (χ1n) is 4.69. The van der Waals surface area contributed by atoms with E-state index >= 15 is 0 Å². The van der Waals surface area contributed by atoms with Gasteiger partial charge >= 0.3 is 6.18 Å². The minimum atomic E-state index is -4.35. The van der Waals surface area contributed by atoms with Crippen molar-refractivity contribution >= 4 is 11.6 Å². The summed E-state index contributed by atoms with van der Waals surface area (Å²) in [6, 6.07) is 1.70. The van der Waals surface area contributed by atoms with Gasteiger partial charge < -0.3 is 4.74 Å². The zero-order chi connectivity index (χ0) is 12.2. The lowest BCUT2D eigenvalue weighted by Gasteiger charge is -2.11. The number of alkyl halides is 4. The average molecular weight is 254 g/mol. The molecular formula is C10H11ClF3NO. The van der Waals surface area contributed by atoms with E-state index in [4.69, 9.17) is 11.6 Å². The van der Waals surface area contributed by atoms with E-state index in [2.05, 4.69) is 9.72 Å². The van der Waals surface area contributed by atoms with Crippen LogP contribution in [-0.4, -0.2) is 17.8 Å². The van der Waals surface area contributed by atoms with Crippen molar-refractivity contribution in [1.29, 1.82) is 0 Å². The highest BCUT2D eigenvalue weighted by Crippen LogP contribution is 2.21. The highest BCUT2D eigenvalue weighted by atomic mass is 35.5. The SMILES string of the molecule is CCc1cc(CCl)cnc1OCC(F)(F)F. The molecule has 0 N–H and O–H groups in total. The van der Waals surface area contributed by atoms with Gasteiger partial charge in [-0.1, -0.05) is 6.92 Å². The Balaban J connectivity index is 2.79. The van der Waals surface area contributed by atoms with Crippen LogP contribution in [0.5, 0.6) is 5.88 Å². The lowest BCUT2D eigenvalue weighted by molar-refractivity contribution is -0.154. The van der Waals surface area contributed by atoms with E-state index in [-0.39, 0.29) is 11.8 Å². The van der Waals surface area contributed by atoms with Gasteiger partial charge in [-0.3, -0.25) is 0 Å². The van der Waals surface area contributed by atoms with Crippen molar-refractivity contribution in [2.24, 2.45) is 0 Å². The number of aryl methyl sites for hydroxylation is 1. The summed E-state index contributed by atoms with van der Waals surface area (Å²) in [5, 5.41) is 0. The molecule has 90 valence electrons. The fourth-order valence-corrected chi connectivity index (χ4v) is 1.30. The second-order valence-electron chi connectivity index (χ2n) is 3.20. The molecule has 0 atom stereocenters. The number of hydrogen-bond acceptors (Lipinski definition) is 2. The van der Waals surface area contributed by atoms with Crippen LogP contribution in [0.2, 0.25) is 0 Å². The molecule has 0 saturated carbocycles. The monoisotopic (exact) mass is 253 g/mol. The van der Waals surface area contributed by atoms with Crippen molar-refractivity contribution in [3.63, 3.8) is 0 Å². The van der Waals surface area contributed by atoms with Crippen LogP contribution in [0, 0.1) is 0 Å². The van der Waals surface area contributed by atoms with Gasteiger partial charge in [0, 0.05) is 17.6 Å². The van der Waals surface area contributed by atoms with Gasteiger partial charge in [-0.05, 0) is 18.1 Å². The Labute approximate surface area is 96.4 Å².